The second-order valence-corrected chi connectivity index (χ2v) is 14.4. The maximum absolute atomic E-state index is 12.8. The molecule has 15 heteroatoms. The van der Waals surface area contributed by atoms with Crippen molar-refractivity contribution in [2.24, 2.45) is 17.6 Å². The van der Waals surface area contributed by atoms with E-state index in [0.717, 1.165) is 18.4 Å². The summed E-state index contributed by atoms with van der Waals surface area (Å²) >= 11 is 0. The number of aryl methyl sites for hydroxylation is 1. The minimum Gasteiger partial charge on any atom is -0.387 e. The van der Waals surface area contributed by atoms with E-state index in [0.29, 0.717) is 12.3 Å². The van der Waals surface area contributed by atoms with Crippen LogP contribution in [0.5, 0.6) is 0 Å². The van der Waals surface area contributed by atoms with E-state index < -0.39 is 53.7 Å². The summed E-state index contributed by atoms with van der Waals surface area (Å²) in [6, 6.07) is 10.0. The topological polar surface area (TPSA) is 206 Å². The minimum atomic E-state index is -3.70. The first-order valence-electron chi connectivity index (χ1n) is 17.0. The van der Waals surface area contributed by atoms with Gasteiger partial charge in [0.25, 0.3) is 5.92 Å². The standard InChI is InChI=1S/C25H46N4O3.C7H11F2NO5.C2H6/c1-18(2)16-22(27(7)25(31,32)15-14-21-12-10-9-11-13-21)17-19(3)29-20(4)26-28(8)23(29)24(5,6)30;8-5(9)1-6(12,13)3(4(10)11)7(14,15)2-5;1-2/h9-13,18-20,22-23,26,30-32H,14-17H2,1-8H3;3,12-15H,1-2H2,(H2,10,11);1-2H3. The highest BCUT2D eigenvalue weighted by molar-refractivity contribution is 5.79. The van der Waals surface area contributed by atoms with E-state index in [4.69, 9.17) is 20.4 Å². The Kier molecular flexibility index (Phi) is 16.2. The Morgan fingerprint density at radius 2 is 1.51 bits per heavy atom. The molecule has 1 amide bonds. The van der Waals surface area contributed by atoms with Crippen molar-refractivity contribution in [1.82, 2.24) is 20.2 Å². The fourth-order valence-electron chi connectivity index (χ4n) is 7.06. The molecule has 1 aliphatic carbocycles. The summed E-state index contributed by atoms with van der Waals surface area (Å²) < 4.78 is 25.7. The van der Waals surface area contributed by atoms with Crippen LogP contribution in [0.4, 0.5) is 8.78 Å². The SMILES string of the molecule is CC.CC(C)CC(CC(C)N1C(C)NN(C)C1C(C)(C)O)N(C)C(O)(O)CCc1ccccc1.NC(=O)C1C(O)(O)CC(F)(F)CC1(O)O. The molecule has 0 radical (unpaired) electrons. The zero-order chi connectivity index (χ0) is 38.3. The lowest BCUT2D eigenvalue weighted by Crippen LogP contribution is -2.65. The van der Waals surface area contributed by atoms with Gasteiger partial charge in [0.05, 0.1) is 24.6 Å². The first kappa shape index (κ1) is 45.1. The monoisotopic (exact) mass is 707 g/mol. The van der Waals surface area contributed by atoms with Crippen LogP contribution in [0, 0.1) is 11.8 Å². The molecule has 0 bridgehead atoms. The predicted molar refractivity (Wildman–Crippen MR) is 182 cm³/mol. The number of hydrogen-bond acceptors (Lipinski definition) is 12. The number of carbonyl (C=O) groups excluding carboxylic acids is 1. The fraction of sp³-hybridized carbons (Fsp3) is 0.794. The average Bonchev–Trinajstić information content (AvgIpc) is 3.24. The molecule has 1 heterocycles. The maximum atomic E-state index is 12.8. The molecular weight excluding hydrogens is 644 g/mol. The summed E-state index contributed by atoms with van der Waals surface area (Å²) in [7, 11) is 3.77. The molecule has 4 unspecified atom stereocenters. The van der Waals surface area contributed by atoms with E-state index in [2.05, 4.69) is 43.8 Å². The molecule has 3 rings (SSSR count). The van der Waals surface area contributed by atoms with Crippen molar-refractivity contribution in [3.63, 3.8) is 0 Å². The summed E-state index contributed by atoms with van der Waals surface area (Å²) in [6.45, 7) is 16.3. The quantitative estimate of drug-likeness (QED) is 0.142. The van der Waals surface area contributed by atoms with Crippen LogP contribution in [-0.4, -0.2) is 124 Å². The molecule has 49 heavy (non-hydrogen) atoms. The first-order valence-corrected chi connectivity index (χ1v) is 17.0. The molecule has 1 saturated carbocycles. The second kappa shape index (κ2) is 17.6. The number of nitrogens with zero attached hydrogens (tertiary/aromatic N) is 3. The van der Waals surface area contributed by atoms with E-state index in [9.17, 15) is 28.9 Å². The maximum Gasteiger partial charge on any atom is 0.258 e. The number of amides is 1. The number of benzene rings is 1. The van der Waals surface area contributed by atoms with Crippen molar-refractivity contribution >= 4 is 5.91 Å². The van der Waals surface area contributed by atoms with E-state index >= 15 is 0 Å². The van der Waals surface area contributed by atoms with E-state index in [1.54, 1.807) is 4.90 Å². The van der Waals surface area contributed by atoms with Gasteiger partial charge in [-0.3, -0.25) is 14.6 Å². The number of nitrogens with two attached hydrogens (primary N) is 1. The summed E-state index contributed by atoms with van der Waals surface area (Å²) in [5.74, 6) is -15.4. The van der Waals surface area contributed by atoms with Gasteiger partial charge in [0.2, 0.25) is 11.8 Å². The van der Waals surface area contributed by atoms with Crippen LogP contribution in [0.2, 0.25) is 0 Å². The minimum absolute atomic E-state index is 0.0173. The summed E-state index contributed by atoms with van der Waals surface area (Å²) in [5.41, 5.74) is 8.27. The normalized spacial score (nSPS) is 24.1. The molecule has 13 nitrogen and oxygen atoms in total. The van der Waals surface area contributed by atoms with E-state index in [1.165, 1.54) is 0 Å². The Morgan fingerprint density at radius 1 is 1.02 bits per heavy atom. The summed E-state index contributed by atoms with van der Waals surface area (Å²) in [5, 5.41) is 71.3. The highest BCUT2D eigenvalue weighted by Gasteiger charge is 2.63. The number of alkyl halides is 2. The Labute approximate surface area is 290 Å². The highest BCUT2D eigenvalue weighted by atomic mass is 19.3. The van der Waals surface area contributed by atoms with Crippen LogP contribution < -0.4 is 11.2 Å². The van der Waals surface area contributed by atoms with Crippen molar-refractivity contribution in [2.75, 3.05) is 14.1 Å². The van der Waals surface area contributed by atoms with Gasteiger partial charge >= 0.3 is 0 Å². The Morgan fingerprint density at radius 3 is 1.94 bits per heavy atom. The second-order valence-electron chi connectivity index (χ2n) is 14.4. The molecule has 10 N–H and O–H groups in total. The van der Waals surface area contributed by atoms with Crippen LogP contribution in [0.15, 0.2) is 30.3 Å². The molecule has 0 aromatic heterocycles. The van der Waals surface area contributed by atoms with Crippen LogP contribution in [-0.2, 0) is 11.2 Å². The molecular formula is C34H63F2N5O8. The lowest BCUT2D eigenvalue weighted by molar-refractivity contribution is -0.351. The predicted octanol–water partition coefficient (Wildman–Crippen LogP) is 1.48. The zero-order valence-corrected chi connectivity index (χ0v) is 30.8. The number of likely N-dealkylation sites (N-methyl/N-ethyl adjacent to an activating group) is 1. The van der Waals surface area contributed by atoms with E-state index in [1.807, 2.05) is 77.1 Å². The van der Waals surface area contributed by atoms with Crippen LogP contribution in [0.3, 0.4) is 0 Å². The lowest BCUT2D eigenvalue weighted by atomic mass is 9.76. The molecule has 1 aromatic carbocycles. The van der Waals surface area contributed by atoms with Gasteiger partial charge in [0.15, 0.2) is 11.6 Å². The first-order chi connectivity index (χ1) is 22.2. The van der Waals surface area contributed by atoms with Crippen molar-refractivity contribution in [3.8, 4) is 0 Å². The molecule has 1 saturated heterocycles. The van der Waals surface area contributed by atoms with Gasteiger partial charge in [-0.25, -0.2) is 19.2 Å². The fourth-order valence-corrected chi connectivity index (χ4v) is 7.06. The number of aliphatic hydroxyl groups is 7. The third kappa shape index (κ3) is 12.7. The molecule has 2 fully saturated rings. The van der Waals surface area contributed by atoms with Gasteiger partial charge in [0.1, 0.15) is 12.1 Å². The van der Waals surface area contributed by atoms with Gasteiger partial charge in [-0.05, 0) is 65.5 Å². The number of nitrogens with one attached hydrogen (secondary N) is 1. The number of primary amides is 1. The van der Waals surface area contributed by atoms with Gasteiger partial charge in [-0.15, -0.1) is 0 Å². The van der Waals surface area contributed by atoms with Crippen molar-refractivity contribution in [3.05, 3.63) is 35.9 Å². The molecule has 4 atom stereocenters. The van der Waals surface area contributed by atoms with Crippen LogP contribution in [0.1, 0.15) is 93.1 Å². The molecule has 0 spiro atoms. The van der Waals surface area contributed by atoms with Gasteiger partial charge in [-0.1, -0.05) is 58.0 Å². The van der Waals surface area contributed by atoms with Crippen LogP contribution in [0.25, 0.3) is 0 Å². The van der Waals surface area contributed by atoms with Crippen LogP contribution >= 0.6 is 0 Å². The molecule has 286 valence electrons. The third-order valence-electron chi connectivity index (χ3n) is 8.94. The number of hydrazine groups is 1. The zero-order valence-electron chi connectivity index (χ0n) is 30.8. The molecule has 1 aromatic rings. The summed E-state index contributed by atoms with van der Waals surface area (Å²) in [4.78, 5) is 14.8. The van der Waals surface area contributed by atoms with Crippen molar-refractivity contribution in [1.29, 1.82) is 0 Å². The Balaban J connectivity index is 0.000000589. The third-order valence-corrected chi connectivity index (χ3v) is 8.94. The average molecular weight is 708 g/mol. The summed E-state index contributed by atoms with van der Waals surface area (Å²) in [6.07, 6.45) is -0.601. The highest BCUT2D eigenvalue weighted by Crippen LogP contribution is 2.45. The van der Waals surface area contributed by atoms with Gasteiger partial charge < -0.3 is 41.5 Å². The number of carbonyl (C=O) groups is 1. The number of halogens is 2. The van der Waals surface area contributed by atoms with E-state index in [-0.39, 0.29) is 30.8 Å². The van der Waals surface area contributed by atoms with Crippen molar-refractivity contribution < 1.29 is 49.3 Å². The number of rotatable bonds is 12. The van der Waals surface area contributed by atoms with Crippen molar-refractivity contribution in [2.45, 2.75) is 147 Å². The molecule has 1 aliphatic heterocycles. The number of hydrogen-bond donors (Lipinski definition) is 9. The van der Waals surface area contributed by atoms with Gasteiger partial charge in [-0.2, -0.15) is 0 Å². The van der Waals surface area contributed by atoms with Gasteiger partial charge in [0, 0.05) is 25.6 Å². The molecule has 2 aliphatic rings. The lowest BCUT2D eigenvalue weighted by Gasteiger charge is -2.44. The Bertz CT molecular complexity index is 1130. The smallest absolute Gasteiger partial charge is 0.258 e. The largest absolute Gasteiger partial charge is 0.387 e. The Hall–Kier alpha value is -1.89.